The predicted molar refractivity (Wildman–Crippen MR) is 80.6 cm³/mol. The number of esters is 1. The highest BCUT2D eigenvalue weighted by molar-refractivity contribution is 7.11. The van der Waals surface area contributed by atoms with E-state index in [9.17, 15) is 4.79 Å². The van der Waals surface area contributed by atoms with Crippen LogP contribution >= 0.6 is 11.3 Å². The number of carbonyl (C=O) groups excluding carboxylic acids is 1. The molecule has 0 unspecified atom stereocenters. The minimum absolute atomic E-state index is 0.278. The van der Waals surface area contributed by atoms with Crippen molar-refractivity contribution < 1.29 is 9.53 Å². The molecular weight excluding hydrogens is 288 g/mol. The lowest BCUT2D eigenvalue weighted by atomic mass is 10.2. The van der Waals surface area contributed by atoms with Crippen LogP contribution in [0.3, 0.4) is 0 Å². The number of aromatic nitrogens is 4. The van der Waals surface area contributed by atoms with Crippen molar-refractivity contribution in [1.82, 2.24) is 20.0 Å². The van der Waals surface area contributed by atoms with Crippen LogP contribution in [0.5, 0.6) is 0 Å². The highest BCUT2D eigenvalue weighted by atomic mass is 32.1. The Balaban J connectivity index is 2.11. The Kier molecular flexibility index (Phi) is 4.72. The number of aryl methyl sites for hydroxylation is 2. The average Bonchev–Trinajstić information content (AvgIpc) is 2.92. The molecule has 2 heterocycles. The van der Waals surface area contributed by atoms with Crippen molar-refractivity contribution in [3.8, 4) is 0 Å². The summed E-state index contributed by atoms with van der Waals surface area (Å²) in [5.74, 6) is -0.121. The minimum Gasteiger partial charge on any atom is -0.461 e. The van der Waals surface area contributed by atoms with E-state index in [2.05, 4.69) is 15.3 Å². The third-order valence-corrected chi connectivity index (χ3v) is 4.14. The summed E-state index contributed by atoms with van der Waals surface area (Å²) in [6, 6.07) is 0. The second-order valence-electron chi connectivity index (χ2n) is 5.42. The van der Waals surface area contributed by atoms with Gasteiger partial charge in [-0.2, -0.15) is 0 Å². The zero-order chi connectivity index (χ0) is 15.6. The molecule has 0 aromatic carbocycles. The summed E-state index contributed by atoms with van der Waals surface area (Å²) < 4.78 is 6.87. The Morgan fingerprint density at radius 3 is 2.62 bits per heavy atom. The summed E-state index contributed by atoms with van der Waals surface area (Å²) in [4.78, 5) is 17.6. The van der Waals surface area contributed by atoms with Crippen molar-refractivity contribution in [1.29, 1.82) is 0 Å². The van der Waals surface area contributed by atoms with Gasteiger partial charge in [-0.3, -0.25) is 0 Å². The van der Waals surface area contributed by atoms with E-state index in [1.54, 1.807) is 16.0 Å². The van der Waals surface area contributed by atoms with Crippen LogP contribution in [-0.4, -0.2) is 32.6 Å². The summed E-state index contributed by atoms with van der Waals surface area (Å²) >= 11 is 1.63. The van der Waals surface area contributed by atoms with Crippen LogP contribution < -0.4 is 0 Å². The van der Waals surface area contributed by atoms with E-state index >= 15 is 0 Å². The Labute approximate surface area is 128 Å². The summed E-state index contributed by atoms with van der Waals surface area (Å²) in [7, 11) is 0. The van der Waals surface area contributed by atoms with Gasteiger partial charge in [-0.15, -0.1) is 16.4 Å². The van der Waals surface area contributed by atoms with E-state index in [1.807, 2.05) is 34.6 Å². The maximum absolute atomic E-state index is 11.9. The molecule has 0 aliphatic heterocycles. The summed E-state index contributed by atoms with van der Waals surface area (Å²) in [5.41, 5.74) is 2.01. The number of ether oxygens (including phenoxy) is 1. The molecule has 2 aromatic rings. The third kappa shape index (κ3) is 3.66. The highest BCUT2D eigenvalue weighted by Crippen LogP contribution is 2.18. The molecule has 7 heteroatoms. The van der Waals surface area contributed by atoms with Crippen molar-refractivity contribution in [2.75, 3.05) is 6.61 Å². The molecule has 0 radical (unpaired) electrons. The number of carbonyl (C=O) groups is 1. The molecule has 0 spiro atoms. The van der Waals surface area contributed by atoms with Gasteiger partial charge in [0.05, 0.1) is 24.5 Å². The van der Waals surface area contributed by atoms with Crippen molar-refractivity contribution in [3.05, 3.63) is 27.0 Å². The maximum Gasteiger partial charge on any atom is 0.360 e. The van der Waals surface area contributed by atoms with Gasteiger partial charge >= 0.3 is 5.97 Å². The molecule has 0 fully saturated rings. The van der Waals surface area contributed by atoms with Gasteiger partial charge in [0.25, 0.3) is 0 Å². The van der Waals surface area contributed by atoms with Crippen molar-refractivity contribution in [2.45, 2.75) is 41.2 Å². The molecule has 2 rings (SSSR count). The fourth-order valence-corrected chi connectivity index (χ4v) is 2.66. The van der Waals surface area contributed by atoms with E-state index in [1.165, 1.54) is 4.88 Å². The summed E-state index contributed by atoms with van der Waals surface area (Å²) in [6.07, 6.45) is 0. The molecule has 0 aliphatic carbocycles. The molecule has 2 aromatic heterocycles. The molecule has 0 saturated heterocycles. The van der Waals surface area contributed by atoms with Gasteiger partial charge in [0, 0.05) is 4.88 Å². The van der Waals surface area contributed by atoms with Gasteiger partial charge in [0.2, 0.25) is 0 Å². The summed E-state index contributed by atoms with van der Waals surface area (Å²) in [6.45, 7) is 10.7. The number of hydrogen-bond acceptors (Lipinski definition) is 6. The van der Waals surface area contributed by atoms with Crippen LogP contribution in [0.1, 0.15) is 45.6 Å². The SMILES string of the molecule is Cc1nc(Cn2nnc(C(=O)OCC(C)C)c2C)sc1C. The quantitative estimate of drug-likeness (QED) is 0.794. The first-order valence-corrected chi connectivity index (χ1v) is 7.70. The zero-order valence-corrected chi connectivity index (χ0v) is 13.8. The Hall–Kier alpha value is -1.76. The van der Waals surface area contributed by atoms with Crippen molar-refractivity contribution in [2.24, 2.45) is 5.92 Å². The molecule has 0 aliphatic rings. The summed E-state index contributed by atoms with van der Waals surface area (Å²) in [5, 5.41) is 8.92. The van der Waals surface area contributed by atoms with Crippen molar-refractivity contribution >= 4 is 17.3 Å². The second kappa shape index (κ2) is 6.34. The van der Waals surface area contributed by atoms with Crippen molar-refractivity contribution in [3.63, 3.8) is 0 Å². The smallest absolute Gasteiger partial charge is 0.360 e. The predicted octanol–water partition coefficient (Wildman–Crippen LogP) is 2.52. The first-order chi connectivity index (χ1) is 9.88. The topological polar surface area (TPSA) is 69.9 Å². The zero-order valence-electron chi connectivity index (χ0n) is 13.0. The van der Waals surface area contributed by atoms with E-state index in [0.29, 0.717) is 24.8 Å². The minimum atomic E-state index is -0.418. The van der Waals surface area contributed by atoms with E-state index in [4.69, 9.17) is 4.74 Å². The molecule has 0 N–H and O–H groups in total. The van der Waals surface area contributed by atoms with Gasteiger partial charge in [-0.25, -0.2) is 14.5 Å². The van der Waals surface area contributed by atoms with Crippen LogP contribution in [0.4, 0.5) is 0 Å². The largest absolute Gasteiger partial charge is 0.461 e. The fourth-order valence-electron chi connectivity index (χ4n) is 1.74. The first kappa shape index (κ1) is 15.6. The second-order valence-corrected chi connectivity index (χ2v) is 6.71. The molecular formula is C14H20N4O2S. The van der Waals surface area contributed by atoms with Gasteiger partial charge in [-0.05, 0) is 26.7 Å². The van der Waals surface area contributed by atoms with E-state index < -0.39 is 5.97 Å². The lowest BCUT2D eigenvalue weighted by molar-refractivity contribution is 0.0451. The lowest BCUT2D eigenvalue weighted by Crippen LogP contribution is -2.12. The Morgan fingerprint density at radius 2 is 2.05 bits per heavy atom. The van der Waals surface area contributed by atoms with E-state index in [0.717, 1.165) is 10.7 Å². The standard InChI is InChI=1S/C14H20N4O2S/c1-8(2)7-20-14(19)13-10(4)18(17-16-13)6-12-15-9(3)11(5)21-12/h8H,6-7H2,1-5H3. The van der Waals surface area contributed by atoms with Crippen LogP contribution in [0.2, 0.25) is 0 Å². The lowest BCUT2D eigenvalue weighted by Gasteiger charge is -2.05. The number of thiazole rings is 1. The number of nitrogens with zero attached hydrogens (tertiary/aromatic N) is 4. The van der Waals surface area contributed by atoms with Gasteiger partial charge < -0.3 is 4.74 Å². The number of rotatable bonds is 5. The van der Waals surface area contributed by atoms with Crippen LogP contribution in [0.15, 0.2) is 0 Å². The molecule has 0 atom stereocenters. The van der Waals surface area contributed by atoms with Gasteiger partial charge in [-0.1, -0.05) is 19.1 Å². The van der Waals surface area contributed by atoms with Gasteiger partial charge in [0.15, 0.2) is 5.69 Å². The molecule has 0 amide bonds. The van der Waals surface area contributed by atoms with Crippen LogP contribution in [0, 0.1) is 26.7 Å². The highest BCUT2D eigenvalue weighted by Gasteiger charge is 2.19. The monoisotopic (exact) mass is 308 g/mol. The third-order valence-electron chi connectivity index (χ3n) is 3.08. The molecule has 21 heavy (non-hydrogen) atoms. The molecule has 114 valence electrons. The van der Waals surface area contributed by atoms with Crippen LogP contribution in [0.25, 0.3) is 0 Å². The Morgan fingerprint density at radius 1 is 1.33 bits per heavy atom. The molecule has 6 nitrogen and oxygen atoms in total. The molecule has 0 bridgehead atoms. The number of hydrogen-bond donors (Lipinski definition) is 0. The average molecular weight is 308 g/mol. The fraction of sp³-hybridized carbons (Fsp3) is 0.571. The van der Waals surface area contributed by atoms with Crippen LogP contribution in [-0.2, 0) is 11.3 Å². The first-order valence-electron chi connectivity index (χ1n) is 6.88. The normalized spacial score (nSPS) is 11.1. The Bertz CT molecular complexity index is 626. The van der Waals surface area contributed by atoms with E-state index in [-0.39, 0.29) is 5.69 Å². The molecule has 0 saturated carbocycles. The van der Waals surface area contributed by atoms with Gasteiger partial charge in [0.1, 0.15) is 5.01 Å². The maximum atomic E-state index is 11.9.